The van der Waals surface area contributed by atoms with Gasteiger partial charge in [0.15, 0.2) is 0 Å². The third-order valence-electron chi connectivity index (χ3n) is 5.01. The van der Waals surface area contributed by atoms with Crippen LogP contribution in [0.1, 0.15) is 54.1 Å². The second-order valence-electron chi connectivity index (χ2n) is 6.82. The highest BCUT2D eigenvalue weighted by Gasteiger charge is 2.25. The molecule has 29 heavy (non-hydrogen) atoms. The van der Waals surface area contributed by atoms with E-state index in [2.05, 4.69) is 10.3 Å². The third-order valence-corrected chi connectivity index (χ3v) is 5.89. The number of aromatic nitrogens is 2. The van der Waals surface area contributed by atoms with Gasteiger partial charge in [0.2, 0.25) is 5.91 Å². The Morgan fingerprint density at radius 1 is 1.28 bits per heavy atom. The summed E-state index contributed by atoms with van der Waals surface area (Å²) >= 11 is 1.12. The molecule has 0 radical (unpaired) electrons. The number of para-hydroxylation sites is 1. The lowest BCUT2D eigenvalue weighted by Gasteiger charge is -2.20. The van der Waals surface area contributed by atoms with Crippen LogP contribution in [-0.2, 0) is 17.6 Å². The van der Waals surface area contributed by atoms with E-state index in [-0.39, 0.29) is 16.9 Å². The molecule has 0 bridgehead atoms. The molecule has 0 saturated heterocycles. The highest BCUT2D eigenvalue weighted by molar-refractivity contribution is 7.17. The van der Waals surface area contributed by atoms with Crippen LogP contribution in [0.25, 0.3) is 10.2 Å². The van der Waals surface area contributed by atoms with Crippen molar-refractivity contribution in [3.05, 3.63) is 56.4 Å². The summed E-state index contributed by atoms with van der Waals surface area (Å²) in [7, 11) is 0. The number of nitrogens with zero attached hydrogens (tertiary/aromatic N) is 2. The number of aryl methyl sites for hydroxylation is 3. The maximum atomic E-state index is 13.2. The number of anilines is 1. The van der Waals surface area contributed by atoms with E-state index < -0.39 is 17.6 Å². The van der Waals surface area contributed by atoms with Gasteiger partial charge >= 0.3 is 5.97 Å². The fraction of sp³-hybridized carbons (Fsp3) is 0.333. The molecule has 0 spiro atoms. The summed E-state index contributed by atoms with van der Waals surface area (Å²) in [4.78, 5) is 42.5. The fourth-order valence-electron chi connectivity index (χ4n) is 3.40. The minimum atomic E-state index is -1.18. The molecular formula is C21H23N3O4S. The lowest BCUT2D eigenvalue weighted by atomic mass is 10.1. The molecular weight excluding hydrogens is 390 g/mol. The molecule has 2 heterocycles. The van der Waals surface area contributed by atoms with E-state index in [1.807, 2.05) is 39.0 Å². The van der Waals surface area contributed by atoms with Crippen LogP contribution in [0.2, 0.25) is 0 Å². The molecule has 2 N–H and O–H groups in total. The van der Waals surface area contributed by atoms with Gasteiger partial charge in [0, 0.05) is 17.5 Å². The number of fused-ring (bicyclic) bond motifs is 1. The van der Waals surface area contributed by atoms with Crippen LogP contribution in [0.15, 0.2) is 28.4 Å². The molecule has 1 amide bonds. The monoisotopic (exact) mass is 413 g/mol. The van der Waals surface area contributed by atoms with Crippen molar-refractivity contribution >= 4 is 39.1 Å². The summed E-state index contributed by atoms with van der Waals surface area (Å²) in [5.74, 6) is -1.08. The third kappa shape index (κ3) is 3.67. The topological polar surface area (TPSA) is 101 Å². The molecule has 3 rings (SSSR count). The number of carboxylic acids is 1. The van der Waals surface area contributed by atoms with Crippen molar-refractivity contribution < 1.29 is 14.7 Å². The predicted octanol–water partition coefficient (Wildman–Crippen LogP) is 3.79. The minimum Gasteiger partial charge on any atom is -0.478 e. The average molecular weight is 413 g/mol. The number of aromatic carboxylic acids is 1. The number of hydrogen-bond acceptors (Lipinski definition) is 5. The van der Waals surface area contributed by atoms with Gasteiger partial charge in [-0.15, -0.1) is 11.3 Å². The summed E-state index contributed by atoms with van der Waals surface area (Å²) in [6, 6.07) is 4.96. The first-order chi connectivity index (χ1) is 13.8. The zero-order chi connectivity index (χ0) is 21.3. The number of benzene rings is 1. The summed E-state index contributed by atoms with van der Waals surface area (Å²) in [5.41, 5.74) is 2.10. The van der Waals surface area contributed by atoms with Crippen LogP contribution in [0, 0.1) is 6.92 Å². The van der Waals surface area contributed by atoms with Gasteiger partial charge in [-0.25, -0.2) is 9.78 Å². The molecule has 1 atom stereocenters. The van der Waals surface area contributed by atoms with Crippen molar-refractivity contribution in [3.63, 3.8) is 0 Å². The van der Waals surface area contributed by atoms with Crippen molar-refractivity contribution in [1.29, 1.82) is 0 Å². The van der Waals surface area contributed by atoms with E-state index in [0.29, 0.717) is 17.1 Å². The molecule has 1 unspecified atom stereocenters. The smallest absolute Gasteiger partial charge is 0.337 e. The van der Waals surface area contributed by atoms with Crippen molar-refractivity contribution in [1.82, 2.24) is 9.55 Å². The van der Waals surface area contributed by atoms with Gasteiger partial charge in [-0.2, -0.15) is 0 Å². The quantitative estimate of drug-likeness (QED) is 0.640. The molecule has 0 fully saturated rings. The lowest BCUT2D eigenvalue weighted by molar-refractivity contribution is -0.119. The molecule has 0 aliphatic rings. The largest absolute Gasteiger partial charge is 0.478 e. The summed E-state index contributed by atoms with van der Waals surface area (Å²) < 4.78 is 1.31. The Balaban J connectivity index is 2.09. The van der Waals surface area contributed by atoms with E-state index in [4.69, 9.17) is 0 Å². The molecule has 0 aliphatic carbocycles. The van der Waals surface area contributed by atoms with Gasteiger partial charge in [-0.05, 0) is 31.4 Å². The van der Waals surface area contributed by atoms with E-state index >= 15 is 0 Å². The fourth-order valence-corrected chi connectivity index (χ4v) is 4.32. The number of carboxylic acid groups (broad SMARTS) is 1. The van der Waals surface area contributed by atoms with Gasteiger partial charge in [0.05, 0.1) is 10.9 Å². The number of carbonyl (C=O) groups is 2. The Morgan fingerprint density at radius 3 is 2.62 bits per heavy atom. The van der Waals surface area contributed by atoms with Gasteiger partial charge in [0.1, 0.15) is 16.7 Å². The first kappa shape index (κ1) is 20.7. The van der Waals surface area contributed by atoms with Crippen LogP contribution >= 0.6 is 11.3 Å². The summed E-state index contributed by atoms with van der Waals surface area (Å²) in [5, 5.41) is 13.8. The molecule has 2 aromatic heterocycles. The second-order valence-corrected chi connectivity index (χ2v) is 7.68. The zero-order valence-electron chi connectivity index (χ0n) is 16.8. The first-order valence-electron chi connectivity index (χ1n) is 9.45. The Hall–Kier alpha value is -3.00. The number of thiophene rings is 1. The van der Waals surface area contributed by atoms with Gasteiger partial charge < -0.3 is 10.4 Å². The van der Waals surface area contributed by atoms with Crippen LogP contribution in [0.5, 0.6) is 0 Å². The minimum absolute atomic E-state index is 0.0458. The first-order valence-corrected chi connectivity index (χ1v) is 10.3. The Labute approximate surface area is 172 Å². The van der Waals surface area contributed by atoms with Gasteiger partial charge in [-0.1, -0.05) is 32.0 Å². The van der Waals surface area contributed by atoms with Crippen molar-refractivity contribution in [2.24, 2.45) is 0 Å². The molecule has 152 valence electrons. The van der Waals surface area contributed by atoms with E-state index in [1.165, 1.54) is 9.95 Å². The van der Waals surface area contributed by atoms with Crippen LogP contribution in [-0.4, -0.2) is 26.5 Å². The number of hydrogen-bond donors (Lipinski definition) is 2. The highest BCUT2D eigenvalue weighted by atomic mass is 32.1. The molecule has 7 nitrogen and oxygen atoms in total. The SMILES string of the molecule is CCc1cccc(C)c1NC(=O)C(C)n1c(CC)nc2scc(C(=O)O)c2c1=O. The Bertz CT molecular complexity index is 1160. The number of amides is 1. The van der Waals surface area contributed by atoms with Crippen molar-refractivity contribution in [2.75, 3.05) is 5.32 Å². The van der Waals surface area contributed by atoms with Crippen LogP contribution in [0.4, 0.5) is 5.69 Å². The van der Waals surface area contributed by atoms with Gasteiger partial charge in [0.25, 0.3) is 5.56 Å². The van der Waals surface area contributed by atoms with E-state index in [1.54, 1.807) is 6.92 Å². The van der Waals surface area contributed by atoms with E-state index in [9.17, 15) is 19.5 Å². The predicted molar refractivity (Wildman–Crippen MR) is 114 cm³/mol. The second kappa shape index (κ2) is 8.16. The number of rotatable bonds is 6. The zero-order valence-corrected chi connectivity index (χ0v) is 17.6. The summed E-state index contributed by atoms with van der Waals surface area (Å²) in [6.07, 6.45) is 1.20. The highest BCUT2D eigenvalue weighted by Crippen LogP contribution is 2.25. The molecule has 0 aliphatic heterocycles. The standard InChI is InChI=1S/C21H23N3O4S/c1-5-13-9-7-8-11(3)17(13)23-18(25)12(4)24-15(6-2)22-19-16(20(24)26)14(10-29-19)21(27)28/h7-10,12H,5-6H2,1-4H3,(H,23,25)(H,27,28). The molecule has 3 aromatic rings. The molecule has 0 saturated carbocycles. The summed E-state index contributed by atoms with van der Waals surface area (Å²) in [6.45, 7) is 7.40. The molecule has 8 heteroatoms. The Morgan fingerprint density at radius 2 is 2.00 bits per heavy atom. The number of carbonyl (C=O) groups excluding carboxylic acids is 1. The van der Waals surface area contributed by atoms with E-state index in [0.717, 1.165) is 34.6 Å². The average Bonchev–Trinajstić information content (AvgIpc) is 3.13. The number of nitrogens with one attached hydrogen (secondary N) is 1. The molecule has 1 aromatic carbocycles. The maximum absolute atomic E-state index is 13.2. The van der Waals surface area contributed by atoms with Crippen molar-refractivity contribution in [2.45, 2.75) is 46.6 Å². The van der Waals surface area contributed by atoms with Gasteiger partial charge in [-0.3, -0.25) is 14.2 Å². The van der Waals surface area contributed by atoms with Crippen molar-refractivity contribution in [3.8, 4) is 0 Å². The van der Waals surface area contributed by atoms with Crippen LogP contribution in [0.3, 0.4) is 0 Å². The maximum Gasteiger partial charge on any atom is 0.337 e. The van der Waals surface area contributed by atoms with Crippen LogP contribution < -0.4 is 10.9 Å². The normalized spacial score (nSPS) is 12.1. The lowest BCUT2D eigenvalue weighted by Crippen LogP contribution is -2.35. The Kier molecular flexibility index (Phi) is 5.83.